The fraction of sp³-hybridized carbons (Fsp3) is 0.818. The molecule has 0 N–H and O–H groups in total. The van der Waals surface area contributed by atoms with E-state index in [-0.39, 0.29) is 18.6 Å². The number of ether oxygens (including phenoxy) is 1. The highest BCUT2D eigenvalue weighted by molar-refractivity contribution is 5.81. The van der Waals surface area contributed by atoms with Gasteiger partial charge in [0.05, 0.1) is 6.07 Å². The summed E-state index contributed by atoms with van der Waals surface area (Å²) in [6.45, 7) is 3.49. The zero-order chi connectivity index (χ0) is 11.1. The molecule has 1 aliphatic rings. The van der Waals surface area contributed by atoms with Crippen LogP contribution in [-0.4, -0.2) is 36.6 Å². The molecule has 0 radical (unpaired) electrons. The van der Waals surface area contributed by atoms with Gasteiger partial charge in [-0.1, -0.05) is 6.92 Å². The smallest absolute Gasteiger partial charge is 0.252 e. The zero-order valence-electron chi connectivity index (χ0n) is 9.24. The van der Waals surface area contributed by atoms with Gasteiger partial charge >= 0.3 is 0 Å². The Morgan fingerprint density at radius 1 is 1.60 bits per heavy atom. The highest BCUT2D eigenvalue weighted by Gasteiger charge is 2.26. The van der Waals surface area contributed by atoms with Gasteiger partial charge in [-0.15, -0.1) is 0 Å². The molecule has 0 aromatic heterocycles. The van der Waals surface area contributed by atoms with Crippen molar-refractivity contribution in [2.45, 2.75) is 38.7 Å². The Kier molecular flexibility index (Phi) is 5.13. The molecular formula is C11H18N2O2. The van der Waals surface area contributed by atoms with Crippen molar-refractivity contribution in [2.24, 2.45) is 0 Å². The normalized spacial score (nSPS) is 20.7. The topological polar surface area (TPSA) is 53.3 Å². The fourth-order valence-corrected chi connectivity index (χ4v) is 1.76. The first-order valence-electron chi connectivity index (χ1n) is 5.57. The van der Waals surface area contributed by atoms with Gasteiger partial charge in [0.15, 0.2) is 0 Å². The molecule has 0 spiro atoms. The van der Waals surface area contributed by atoms with E-state index in [0.717, 1.165) is 25.7 Å². The number of rotatable bonds is 4. The van der Waals surface area contributed by atoms with Crippen LogP contribution >= 0.6 is 0 Å². The van der Waals surface area contributed by atoms with E-state index in [4.69, 9.17) is 10.00 Å². The number of hydrogen-bond acceptors (Lipinski definition) is 3. The van der Waals surface area contributed by atoms with Crippen molar-refractivity contribution in [1.29, 1.82) is 5.26 Å². The van der Waals surface area contributed by atoms with Gasteiger partial charge in [-0.3, -0.25) is 4.79 Å². The first-order valence-corrected chi connectivity index (χ1v) is 5.57. The van der Waals surface area contributed by atoms with Crippen molar-refractivity contribution < 1.29 is 9.53 Å². The number of amides is 1. The maximum atomic E-state index is 11.9. The Balaban J connectivity index is 2.50. The average Bonchev–Trinajstić information content (AvgIpc) is 2.29. The van der Waals surface area contributed by atoms with Gasteiger partial charge in [0, 0.05) is 13.2 Å². The van der Waals surface area contributed by atoms with Crippen molar-refractivity contribution >= 4 is 5.91 Å². The Bertz CT molecular complexity index is 241. The molecule has 0 aliphatic carbocycles. The lowest BCUT2D eigenvalue weighted by atomic mass is 10.1. The first-order chi connectivity index (χ1) is 7.29. The van der Waals surface area contributed by atoms with Crippen molar-refractivity contribution in [3.63, 3.8) is 0 Å². The monoisotopic (exact) mass is 210 g/mol. The predicted molar refractivity (Wildman–Crippen MR) is 56.1 cm³/mol. The number of carbonyl (C=O) groups excluding carboxylic acids is 1. The van der Waals surface area contributed by atoms with Crippen LogP contribution in [0.3, 0.4) is 0 Å². The zero-order valence-corrected chi connectivity index (χ0v) is 9.24. The number of carbonyl (C=O) groups is 1. The standard InChI is InChI=1S/C11H18N2O2/c1-2-7-13(8-6-12)11(14)10-5-3-4-9-15-10/h10H,2-5,7-9H2,1H3. The van der Waals surface area contributed by atoms with E-state index in [0.29, 0.717) is 13.2 Å². The molecule has 0 aromatic rings. The fourth-order valence-electron chi connectivity index (χ4n) is 1.76. The second-order valence-corrected chi connectivity index (χ2v) is 3.77. The molecule has 4 heteroatoms. The molecule has 0 saturated carbocycles. The summed E-state index contributed by atoms with van der Waals surface area (Å²) in [6.07, 6.45) is 3.45. The SMILES string of the molecule is CCCN(CC#N)C(=O)C1CCCCO1. The third kappa shape index (κ3) is 3.52. The third-order valence-electron chi connectivity index (χ3n) is 2.52. The first kappa shape index (κ1) is 12.0. The van der Waals surface area contributed by atoms with Crippen LogP contribution in [0, 0.1) is 11.3 Å². The van der Waals surface area contributed by atoms with Crippen LogP contribution in [0.25, 0.3) is 0 Å². The molecule has 1 fully saturated rings. The van der Waals surface area contributed by atoms with E-state index in [2.05, 4.69) is 0 Å². The van der Waals surface area contributed by atoms with E-state index in [1.54, 1.807) is 4.90 Å². The van der Waals surface area contributed by atoms with Crippen LogP contribution in [-0.2, 0) is 9.53 Å². The Morgan fingerprint density at radius 3 is 2.93 bits per heavy atom. The molecular weight excluding hydrogens is 192 g/mol. The third-order valence-corrected chi connectivity index (χ3v) is 2.52. The maximum Gasteiger partial charge on any atom is 0.252 e. The summed E-state index contributed by atoms with van der Waals surface area (Å²) in [4.78, 5) is 13.5. The van der Waals surface area contributed by atoms with Gasteiger partial charge in [0.2, 0.25) is 0 Å². The molecule has 1 amide bonds. The van der Waals surface area contributed by atoms with Gasteiger partial charge < -0.3 is 9.64 Å². The van der Waals surface area contributed by atoms with Crippen molar-refractivity contribution in [2.75, 3.05) is 19.7 Å². The van der Waals surface area contributed by atoms with Gasteiger partial charge in [-0.05, 0) is 25.7 Å². The molecule has 1 unspecified atom stereocenters. The molecule has 0 aromatic carbocycles. The minimum Gasteiger partial charge on any atom is -0.368 e. The highest BCUT2D eigenvalue weighted by Crippen LogP contribution is 2.15. The second-order valence-electron chi connectivity index (χ2n) is 3.77. The highest BCUT2D eigenvalue weighted by atomic mass is 16.5. The summed E-state index contributed by atoms with van der Waals surface area (Å²) in [6, 6.07) is 2.02. The summed E-state index contributed by atoms with van der Waals surface area (Å²) < 4.78 is 5.41. The summed E-state index contributed by atoms with van der Waals surface area (Å²) in [5.74, 6) is -0.0156. The number of hydrogen-bond donors (Lipinski definition) is 0. The quantitative estimate of drug-likeness (QED) is 0.657. The van der Waals surface area contributed by atoms with Gasteiger partial charge in [-0.25, -0.2) is 0 Å². The molecule has 4 nitrogen and oxygen atoms in total. The van der Waals surface area contributed by atoms with Crippen LogP contribution in [0.4, 0.5) is 0 Å². The van der Waals surface area contributed by atoms with Gasteiger partial charge in [0.1, 0.15) is 12.6 Å². The lowest BCUT2D eigenvalue weighted by Gasteiger charge is -2.27. The van der Waals surface area contributed by atoms with Crippen LogP contribution in [0.15, 0.2) is 0 Å². The number of nitriles is 1. The van der Waals surface area contributed by atoms with Gasteiger partial charge in [0.25, 0.3) is 5.91 Å². The molecule has 1 saturated heterocycles. The summed E-state index contributed by atoms with van der Waals surface area (Å²) in [5, 5.41) is 8.63. The van der Waals surface area contributed by atoms with E-state index < -0.39 is 0 Å². The van der Waals surface area contributed by atoms with Crippen molar-refractivity contribution in [3.05, 3.63) is 0 Å². The molecule has 1 rings (SSSR count). The van der Waals surface area contributed by atoms with Crippen LogP contribution in [0.5, 0.6) is 0 Å². The lowest BCUT2D eigenvalue weighted by Crippen LogP contribution is -2.42. The van der Waals surface area contributed by atoms with Crippen molar-refractivity contribution in [1.82, 2.24) is 4.90 Å². The van der Waals surface area contributed by atoms with Gasteiger partial charge in [-0.2, -0.15) is 5.26 Å². The predicted octanol–water partition coefficient (Wildman–Crippen LogP) is 1.32. The number of nitrogens with zero attached hydrogens (tertiary/aromatic N) is 2. The Hall–Kier alpha value is -1.08. The van der Waals surface area contributed by atoms with Crippen molar-refractivity contribution in [3.8, 4) is 6.07 Å². The summed E-state index contributed by atoms with van der Waals surface area (Å²) in [7, 11) is 0. The molecule has 15 heavy (non-hydrogen) atoms. The molecule has 0 bridgehead atoms. The Morgan fingerprint density at radius 2 is 2.40 bits per heavy atom. The minimum atomic E-state index is -0.307. The van der Waals surface area contributed by atoms with E-state index in [1.165, 1.54) is 0 Å². The van der Waals surface area contributed by atoms with E-state index in [9.17, 15) is 4.79 Å². The average molecular weight is 210 g/mol. The molecule has 1 aliphatic heterocycles. The van der Waals surface area contributed by atoms with E-state index in [1.807, 2.05) is 13.0 Å². The van der Waals surface area contributed by atoms with E-state index >= 15 is 0 Å². The van der Waals surface area contributed by atoms with Crippen LogP contribution < -0.4 is 0 Å². The Labute approximate surface area is 90.8 Å². The summed E-state index contributed by atoms with van der Waals surface area (Å²) in [5.41, 5.74) is 0. The van der Waals surface area contributed by atoms with Crippen LogP contribution in [0.1, 0.15) is 32.6 Å². The molecule has 1 atom stereocenters. The molecule has 1 heterocycles. The largest absolute Gasteiger partial charge is 0.368 e. The lowest BCUT2D eigenvalue weighted by molar-refractivity contribution is -0.145. The second kappa shape index (κ2) is 6.41. The molecule has 84 valence electrons. The maximum absolute atomic E-state index is 11.9. The summed E-state index contributed by atoms with van der Waals surface area (Å²) >= 11 is 0. The minimum absolute atomic E-state index is 0.0156. The van der Waals surface area contributed by atoms with Crippen LogP contribution in [0.2, 0.25) is 0 Å².